The van der Waals surface area contributed by atoms with Gasteiger partial charge in [0.1, 0.15) is 0 Å². The Morgan fingerprint density at radius 2 is 2.00 bits per heavy atom. The summed E-state index contributed by atoms with van der Waals surface area (Å²) in [4.78, 5) is 13.6. The molecule has 4 N–H and O–H groups in total. The summed E-state index contributed by atoms with van der Waals surface area (Å²) >= 11 is 4.59. The van der Waals surface area contributed by atoms with Gasteiger partial charge in [0.25, 0.3) is 5.91 Å². The molecule has 0 aromatic heterocycles. The Hall–Kier alpha value is -0.880. The molecule has 5 nitrogen and oxygen atoms in total. The minimum Gasteiger partial charge on any atom is -0.375 e. The van der Waals surface area contributed by atoms with Crippen LogP contribution in [0.15, 0.2) is 0 Å². The van der Waals surface area contributed by atoms with Crippen molar-refractivity contribution in [3.63, 3.8) is 0 Å². The molecule has 0 spiro atoms. The first kappa shape index (κ1) is 13.2. The maximum atomic E-state index is 11.5. The summed E-state index contributed by atoms with van der Waals surface area (Å²) in [6.45, 7) is 0.375. The van der Waals surface area contributed by atoms with Crippen LogP contribution in [0.25, 0.3) is 0 Å². The zero-order valence-corrected chi connectivity index (χ0v) is 10.5. The van der Waals surface area contributed by atoms with Gasteiger partial charge in [0.2, 0.25) is 0 Å². The van der Waals surface area contributed by atoms with E-state index in [1.807, 2.05) is 7.05 Å². The van der Waals surface area contributed by atoms with Crippen LogP contribution in [0, 0.1) is 0 Å². The number of nitrogens with zero attached hydrogens (tertiary/aromatic N) is 1. The number of hydrazine groups is 1. The molecule has 0 aromatic rings. The van der Waals surface area contributed by atoms with Crippen LogP contribution in [-0.2, 0) is 4.79 Å². The largest absolute Gasteiger partial charge is 0.375 e. The summed E-state index contributed by atoms with van der Waals surface area (Å²) in [7, 11) is 1.98. The highest BCUT2D eigenvalue weighted by atomic mass is 32.1. The lowest BCUT2D eigenvalue weighted by Crippen LogP contribution is -2.49. The van der Waals surface area contributed by atoms with E-state index in [0.29, 0.717) is 12.6 Å². The average Bonchev–Trinajstić information content (AvgIpc) is 2.27. The summed E-state index contributed by atoms with van der Waals surface area (Å²) < 4.78 is 0. The third-order valence-electron chi connectivity index (χ3n) is 2.92. The summed E-state index contributed by atoms with van der Waals surface area (Å²) in [5, 5.41) is 0.0775. The quantitative estimate of drug-likeness (QED) is 0.486. The first-order valence-corrected chi connectivity index (χ1v) is 6.05. The summed E-state index contributed by atoms with van der Waals surface area (Å²) in [6, 6.07) is 0.532. The monoisotopic (exact) mass is 244 g/mol. The Labute approximate surface area is 102 Å². The summed E-state index contributed by atoms with van der Waals surface area (Å²) in [6.07, 6.45) is 6.22. The van der Waals surface area contributed by atoms with Crippen molar-refractivity contribution in [3.8, 4) is 0 Å². The topological polar surface area (TPSA) is 70.4 Å². The minimum absolute atomic E-state index is 0.0775. The normalized spacial score (nSPS) is 17.1. The van der Waals surface area contributed by atoms with Crippen molar-refractivity contribution in [3.05, 3.63) is 0 Å². The van der Waals surface area contributed by atoms with E-state index >= 15 is 0 Å². The van der Waals surface area contributed by atoms with Crippen LogP contribution in [0.3, 0.4) is 0 Å². The molecule has 1 saturated carbocycles. The zero-order valence-electron chi connectivity index (χ0n) is 9.66. The van der Waals surface area contributed by atoms with Crippen LogP contribution in [0.2, 0.25) is 0 Å². The lowest BCUT2D eigenvalue weighted by atomic mass is 9.94. The highest BCUT2D eigenvalue weighted by Gasteiger charge is 2.19. The van der Waals surface area contributed by atoms with Crippen molar-refractivity contribution in [1.29, 1.82) is 0 Å². The third kappa shape index (κ3) is 4.76. The van der Waals surface area contributed by atoms with E-state index in [-0.39, 0.29) is 11.0 Å². The second-order valence-electron chi connectivity index (χ2n) is 4.24. The molecule has 1 fully saturated rings. The van der Waals surface area contributed by atoms with E-state index in [4.69, 9.17) is 5.73 Å². The molecule has 0 saturated heterocycles. The van der Waals surface area contributed by atoms with Crippen molar-refractivity contribution < 1.29 is 4.79 Å². The Bertz CT molecular complexity index is 253. The zero-order chi connectivity index (χ0) is 12.0. The van der Waals surface area contributed by atoms with Gasteiger partial charge in [-0.1, -0.05) is 19.3 Å². The molecule has 6 heteroatoms. The average molecular weight is 244 g/mol. The molecular weight excluding hydrogens is 224 g/mol. The number of carbonyl (C=O) groups is 1. The Kier molecular flexibility index (Phi) is 5.48. The fourth-order valence-corrected chi connectivity index (χ4v) is 2.10. The number of rotatable bonds is 3. The van der Waals surface area contributed by atoms with Crippen molar-refractivity contribution in [1.82, 2.24) is 15.8 Å². The SMILES string of the molecule is CN(CC(=O)NNC(N)=S)C1CCCCC1. The molecule has 0 aromatic carbocycles. The number of hydrogen-bond donors (Lipinski definition) is 3. The molecule has 1 aliphatic carbocycles. The molecule has 1 rings (SSSR count). The van der Waals surface area contributed by atoms with Gasteiger partial charge in [-0.15, -0.1) is 0 Å². The second-order valence-corrected chi connectivity index (χ2v) is 4.68. The predicted molar refractivity (Wildman–Crippen MR) is 67.6 cm³/mol. The van der Waals surface area contributed by atoms with E-state index in [9.17, 15) is 4.79 Å². The molecule has 0 heterocycles. The molecular formula is C10H20N4OS. The standard InChI is InChI=1S/C10H20N4OS/c1-14(8-5-3-2-4-6-8)7-9(15)12-13-10(11)16/h8H,2-7H2,1H3,(H,12,15)(H3,11,13,16). The Morgan fingerprint density at radius 3 is 2.56 bits per heavy atom. The fraction of sp³-hybridized carbons (Fsp3) is 0.800. The van der Waals surface area contributed by atoms with Gasteiger partial charge in [0.15, 0.2) is 5.11 Å². The molecule has 0 unspecified atom stereocenters. The molecule has 0 bridgehead atoms. The van der Waals surface area contributed by atoms with E-state index in [0.717, 1.165) is 0 Å². The van der Waals surface area contributed by atoms with Crippen LogP contribution in [-0.4, -0.2) is 35.6 Å². The number of nitrogens with two attached hydrogens (primary N) is 1. The number of hydrogen-bond acceptors (Lipinski definition) is 3. The Balaban J connectivity index is 2.23. The first-order valence-electron chi connectivity index (χ1n) is 5.64. The van der Waals surface area contributed by atoms with Crippen LogP contribution >= 0.6 is 12.2 Å². The van der Waals surface area contributed by atoms with E-state index in [1.54, 1.807) is 0 Å². The van der Waals surface area contributed by atoms with E-state index in [1.165, 1.54) is 32.1 Å². The highest BCUT2D eigenvalue weighted by molar-refractivity contribution is 7.80. The van der Waals surface area contributed by atoms with Gasteiger partial charge in [-0.2, -0.15) is 0 Å². The van der Waals surface area contributed by atoms with E-state index in [2.05, 4.69) is 28.0 Å². The second kappa shape index (κ2) is 6.65. The van der Waals surface area contributed by atoms with Gasteiger partial charge in [-0.25, -0.2) is 0 Å². The maximum Gasteiger partial charge on any atom is 0.252 e. The van der Waals surface area contributed by atoms with Gasteiger partial charge < -0.3 is 5.73 Å². The molecule has 1 amide bonds. The van der Waals surface area contributed by atoms with Gasteiger partial charge in [-0.05, 0) is 32.1 Å². The molecule has 0 aliphatic heterocycles. The first-order chi connectivity index (χ1) is 7.59. The third-order valence-corrected chi connectivity index (χ3v) is 3.02. The number of nitrogens with one attached hydrogen (secondary N) is 2. The molecule has 1 aliphatic rings. The lowest BCUT2D eigenvalue weighted by molar-refractivity contribution is -0.123. The van der Waals surface area contributed by atoms with Gasteiger partial charge in [0.05, 0.1) is 6.54 Å². The van der Waals surface area contributed by atoms with Crippen molar-refractivity contribution in [2.75, 3.05) is 13.6 Å². The van der Waals surface area contributed by atoms with Crippen molar-refractivity contribution in [2.45, 2.75) is 38.1 Å². The van der Waals surface area contributed by atoms with Crippen LogP contribution in [0.4, 0.5) is 0 Å². The summed E-state index contributed by atoms with van der Waals surface area (Å²) in [5.74, 6) is -0.110. The van der Waals surface area contributed by atoms with E-state index < -0.39 is 0 Å². The predicted octanol–water partition coefficient (Wildman–Crippen LogP) is 0.115. The minimum atomic E-state index is -0.110. The highest BCUT2D eigenvalue weighted by Crippen LogP contribution is 2.21. The van der Waals surface area contributed by atoms with Crippen molar-refractivity contribution >= 4 is 23.2 Å². The maximum absolute atomic E-state index is 11.5. The molecule has 0 radical (unpaired) electrons. The van der Waals surface area contributed by atoms with Crippen LogP contribution < -0.4 is 16.6 Å². The number of thiocarbonyl (C=S) groups is 1. The van der Waals surface area contributed by atoms with Gasteiger partial charge in [0, 0.05) is 6.04 Å². The molecule has 16 heavy (non-hydrogen) atoms. The summed E-state index contributed by atoms with van der Waals surface area (Å²) in [5.41, 5.74) is 10.1. The van der Waals surface area contributed by atoms with Crippen molar-refractivity contribution in [2.24, 2.45) is 5.73 Å². The fourth-order valence-electron chi connectivity index (χ4n) is 2.05. The van der Waals surface area contributed by atoms with Gasteiger partial charge in [-0.3, -0.25) is 20.5 Å². The molecule has 0 atom stereocenters. The smallest absolute Gasteiger partial charge is 0.252 e. The molecule has 92 valence electrons. The number of carbonyl (C=O) groups excluding carboxylic acids is 1. The lowest BCUT2D eigenvalue weighted by Gasteiger charge is -2.30. The Morgan fingerprint density at radius 1 is 1.38 bits per heavy atom. The van der Waals surface area contributed by atoms with Gasteiger partial charge >= 0.3 is 0 Å². The van der Waals surface area contributed by atoms with Crippen LogP contribution in [0.5, 0.6) is 0 Å². The number of likely N-dealkylation sites (N-methyl/N-ethyl adjacent to an activating group) is 1. The number of amides is 1. The van der Waals surface area contributed by atoms with Crippen LogP contribution in [0.1, 0.15) is 32.1 Å².